The first kappa shape index (κ1) is 25.4. The molecule has 0 N–H and O–H groups in total. The zero-order valence-corrected chi connectivity index (χ0v) is 21.6. The molecule has 4 rings (SSSR count). The first-order valence-corrected chi connectivity index (χ1v) is 13.0. The summed E-state index contributed by atoms with van der Waals surface area (Å²) in [5, 5.41) is 0. The van der Waals surface area contributed by atoms with Gasteiger partial charge in [0.05, 0.1) is 0 Å². The number of benzene rings is 3. The fourth-order valence-electron chi connectivity index (χ4n) is 4.82. The fourth-order valence-corrected chi connectivity index (χ4v) is 4.82. The molecule has 1 fully saturated rings. The second-order valence-corrected chi connectivity index (χ2v) is 9.89. The van der Waals surface area contributed by atoms with Crippen molar-refractivity contribution in [3.63, 3.8) is 0 Å². The number of hydrogen-bond donors (Lipinski definition) is 0. The molecule has 1 saturated carbocycles. The van der Waals surface area contributed by atoms with E-state index in [1.807, 2.05) is 87.6 Å². The van der Waals surface area contributed by atoms with Crippen LogP contribution in [0.2, 0.25) is 0 Å². The van der Waals surface area contributed by atoms with Crippen LogP contribution in [0, 0.1) is 6.92 Å². The molecule has 0 atom stereocenters. The Morgan fingerprint density at radius 1 is 0.750 bits per heavy atom. The molecule has 3 aromatic rings. The van der Waals surface area contributed by atoms with Crippen LogP contribution in [0.15, 0.2) is 91.1 Å². The summed E-state index contributed by atoms with van der Waals surface area (Å²) in [7, 11) is 0. The summed E-state index contributed by atoms with van der Waals surface area (Å²) in [4.78, 5) is 31.3. The van der Waals surface area contributed by atoms with E-state index in [0.29, 0.717) is 5.56 Å². The number of imide groups is 1. The van der Waals surface area contributed by atoms with Crippen molar-refractivity contribution in [3.8, 4) is 0 Å². The Bertz CT molecular complexity index is 1140. The monoisotopic (exact) mass is 480 g/mol. The van der Waals surface area contributed by atoms with Gasteiger partial charge in [0.1, 0.15) is 0 Å². The number of hydrogen-bond acceptors (Lipinski definition) is 2. The molecule has 0 heterocycles. The van der Waals surface area contributed by atoms with Gasteiger partial charge < -0.3 is 0 Å². The normalized spacial score (nSPS) is 13.8. The summed E-state index contributed by atoms with van der Waals surface area (Å²) in [5.41, 5.74) is 4.64. The third-order valence-corrected chi connectivity index (χ3v) is 6.88. The molecule has 186 valence electrons. The second-order valence-electron chi connectivity index (χ2n) is 9.89. The lowest BCUT2D eigenvalue weighted by Crippen LogP contribution is -2.52. The zero-order chi connectivity index (χ0) is 25.5. The maximum Gasteiger partial charge on any atom is 0.331 e. The van der Waals surface area contributed by atoms with Crippen LogP contribution < -0.4 is 0 Å². The quantitative estimate of drug-likeness (QED) is 0.363. The lowest BCUT2D eigenvalue weighted by molar-refractivity contribution is 0.0660. The van der Waals surface area contributed by atoms with Crippen LogP contribution in [-0.4, -0.2) is 33.8 Å². The summed E-state index contributed by atoms with van der Waals surface area (Å²) >= 11 is 0. The van der Waals surface area contributed by atoms with E-state index in [2.05, 4.69) is 24.3 Å². The van der Waals surface area contributed by atoms with Crippen molar-refractivity contribution in [3.05, 3.63) is 113 Å². The Hall–Kier alpha value is -3.66. The van der Waals surface area contributed by atoms with Crippen LogP contribution >= 0.6 is 0 Å². The number of nitrogens with zero attached hydrogens (tertiary/aromatic N) is 2. The maximum atomic E-state index is 14.3. The van der Waals surface area contributed by atoms with Crippen LogP contribution in [0.5, 0.6) is 0 Å². The summed E-state index contributed by atoms with van der Waals surface area (Å²) in [6.45, 7) is 5.99. The largest absolute Gasteiger partial charge is 0.331 e. The van der Waals surface area contributed by atoms with Gasteiger partial charge in [0.25, 0.3) is 5.91 Å². The van der Waals surface area contributed by atoms with Crippen molar-refractivity contribution >= 4 is 17.5 Å². The highest BCUT2D eigenvalue weighted by molar-refractivity contribution is 6.05. The first-order chi connectivity index (χ1) is 17.5. The second kappa shape index (κ2) is 11.9. The lowest BCUT2D eigenvalue weighted by atomic mass is 9.93. The smallest absolute Gasteiger partial charge is 0.297 e. The molecule has 4 nitrogen and oxygen atoms in total. The highest BCUT2D eigenvalue weighted by Gasteiger charge is 2.35. The molecule has 0 bridgehead atoms. The van der Waals surface area contributed by atoms with Gasteiger partial charge in [-0.2, -0.15) is 0 Å². The van der Waals surface area contributed by atoms with Crippen molar-refractivity contribution in [2.45, 2.75) is 65.0 Å². The van der Waals surface area contributed by atoms with Crippen LogP contribution in [-0.2, 0) is 0 Å². The standard InChI is InChI=1S/C32H36N2O2/c1-24(2)33(23-30(26-13-7-4-8-14-26)27-15-9-5-10-16-27)32(36)34(29-17-11-6-12-18-29)31(35)28-21-19-25(3)20-22-28/h4-5,7-10,13-16,19-24,29H,6,11-12,17-18H2,1-3H3. The van der Waals surface area contributed by atoms with Gasteiger partial charge in [-0.15, -0.1) is 0 Å². The molecule has 0 unspecified atom stereocenters. The van der Waals surface area contributed by atoms with Gasteiger partial charge in [-0.25, -0.2) is 4.79 Å². The van der Waals surface area contributed by atoms with Gasteiger partial charge in [0.15, 0.2) is 0 Å². The molecule has 1 aliphatic carbocycles. The molecule has 0 spiro atoms. The number of urea groups is 1. The zero-order valence-electron chi connectivity index (χ0n) is 21.6. The SMILES string of the molecule is Cc1ccc(C(=O)N(C(=O)N(C=C(c2ccccc2)c2ccccc2)C(C)C)C2CCCCC2)cc1. The molecular formula is C32H36N2O2. The minimum atomic E-state index is -0.258. The predicted molar refractivity (Wildman–Crippen MR) is 147 cm³/mol. The minimum Gasteiger partial charge on any atom is -0.297 e. The minimum absolute atomic E-state index is 0.0911. The topological polar surface area (TPSA) is 40.6 Å². The molecule has 0 saturated heterocycles. The van der Waals surface area contributed by atoms with Crippen LogP contribution in [0.1, 0.15) is 73.0 Å². The van der Waals surface area contributed by atoms with Gasteiger partial charge >= 0.3 is 6.03 Å². The Morgan fingerprint density at radius 2 is 1.28 bits per heavy atom. The van der Waals surface area contributed by atoms with Crippen molar-refractivity contribution in [2.75, 3.05) is 0 Å². The number of carbonyl (C=O) groups is 2. The van der Waals surface area contributed by atoms with Gasteiger partial charge in [-0.1, -0.05) is 97.6 Å². The maximum absolute atomic E-state index is 14.3. The average molecular weight is 481 g/mol. The van der Waals surface area contributed by atoms with Gasteiger partial charge in [-0.3, -0.25) is 14.6 Å². The highest BCUT2D eigenvalue weighted by Crippen LogP contribution is 2.29. The molecule has 36 heavy (non-hydrogen) atoms. The van der Waals surface area contributed by atoms with E-state index in [-0.39, 0.29) is 24.0 Å². The van der Waals surface area contributed by atoms with E-state index in [9.17, 15) is 9.59 Å². The van der Waals surface area contributed by atoms with E-state index in [1.165, 1.54) is 4.90 Å². The van der Waals surface area contributed by atoms with Gasteiger partial charge in [0.2, 0.25) is 0 Å². The molecule has 4 heteroatoms. The number of amides is 3. The third kappa shape index (κ3) is 5.93. The van der Waals surface area contributed by atoms with Crippen molar-refractivity contribution < 1.29 is 9.59 Å². The fraction of sp³-hybridized carbons (Fsp3) is 0.312. The van der Waals surface area contributed by atoms with Crippen molar-refractivity contribution in [1.29, 1.82) is 0 Å². The number of carbonyl (C=O) groups excluding carboxylic acids is 2. The Kier molecular flexibility index (Phi) is 8.37. The molecular weight excluding hydrogens is 444 g/mol. The van der Waals surface area contributed by atoms with E-state index in [1.54, 1.807) is 4.90 Å². The Morgan fingerprint density at radius 3 is 1.78 bits per heavy atom. The van der Waals surface area contributed by atoms with Gasteiger partial charge in [0, 0.05) is 29.4 Å². The molecule has 0 aliphatic heterocycles. The van der Waals surface area contributed by atoms with Gasteiger partial charge in [-0.05, 0) is 56.9 Å². The average Bonchev–Trinajstić information content (AvgIpc) is 2.91. The molecule has 3 amide bonds. The number of aryl methyl sites for hydroxylation is 1. The first-order valence-electron chi connectivity index (χ1n) is 13.0. The molecule has 3 aromatic carbocycles. The third-order valence-electron chi connectivity index (χ3n) is 6.88. The van der Waals surface area contributed by atoms with Crippen LogP contribution in [0.4, 0.5) is 4.79 Å². The summed E-state index contributed by atoms with van der Waals surface area (Å²) in [6, 6.07) is 27.2. The van der Waals surface area contributed by atoms with E-state index in [4.69, 9.17) is 0 Å². The number of rotatable bonds is 6. The molecule has 1 aliphatic rings. The van der Waals surface area contributed by atoms with Crippen molar-refractivity contribution in [2.24, 2.45) is 0 Å². The van der Waals surface area contributed by atoms with Crippen LogP contribution in [0.3, 0.4) is 0 Å². The van der Waals surface area contributed by atoms with Crippen molar-refractivity contribution in [1.82, 2.24) is 9.80 Å². The summed E-state index contributed by atoms with van der Waals surface area (Å²) in [6.07, 6.45) is 6.85. The highest BCUT2D eigenvalue weighted by atomic mass is 16.2. The van der Waals surface area contributed by atoms with Crippen LogP contribution in [0.25, 0.3) is 5.57 Å². The van der Waals surface area contributed by atoms with E-state index in [0.717, 1.165) is 54.4 Å². The Balaban J connectivity index is 1.77. The molecule has 0 aromatic heterocycles. The van der Waals surface area contributed by atoms with E-state index >= 15 is 0 Å². The van der Waals surface area contributed by atoms with E-state index < -0.39 is 0 Å². The lowest BCUT2D eigenvalue weighted by Gasteiger charge is -2.37. The Labute approximate surface area is 215 Å². The summed E-state index contributed by atoms with van der Waals surface area (Å²) < 4.78 is 0. The summed E-state index contributed by atoms with van der Waals surface area (Å²) in [5.74, 6) is -0.216. The predicted octanol–water partition coefficient (Wildman–Crippen LogP) is 7.69. The molecule has 0 radical (unpaired) electrons.